The van der Waals surface area contributed by atoms with E-state index < -0.39 is 5.60 Å². The molecule has 0 radical (unpaired) electrons. The summed E-state index contributed by atoms with van der Waals surface area (Å²) in [4.78, 5) is 14.3. The van der Waals surface area contributed by atoms with E-state index in [-0.39, 0.29) is 11.9 Å². The molecule has 1 aromatic rings. The van der Waals surface area contributed by atoms with Crippen LogP contribution in [0.25, 0.3) is 0 Å². The van der Waals surface area contributed by atoms with Crippen molar-refractivity contribution in [2.24, 2.45) is 13.0 Å². The molecule has 0 aromatic carbocycles. The Morgan fingerprint density at radius 2 is 2.05 bits per heavy atom. The van der Waals surface area contributed by atoms with Crippen molar-refractivity contribution in [1.82, 2.24) is 9.78 Å². The van der Waals surface area contributed by atoms with Crippen LogP contribution in [0.1, 0.15) is 44.0 Å². The van der Waals surface area contributed by atoms with Gasteiger partial charge in [0.2, 0.25) is 0 Å². The van der Waals surface area contributed by atoms with Crippen molar-refractivity contribution in [3.05, 3.63) is 10.2 Å². The molecule has 124 valence electrons. The van der Waals surface area contributed by atoms with Crippen LogP contribution in [-0.2, 0) is 11.8 Å². The molecule has 0 atom stereocenters. The highest BCUT2D eigenvalue weighted by Gasteiger charge is 2.33. The first kappa shape index (κ1) is 17.3. The topological polar surface area (TPSA) is 67.6 Å². The molecule has 1 aliphatic rings. The number of esters is 1. The molecule has 1 fully saturated rings. The van der Waals surface area contributed by atoms with Crippen LogP contribution in [-0.4, -0.2) is 46.2 Å². The van der Waals surface area contributed by atoms with Crippen molar-refractivity contribution >= 4 is 27.7 Å². The fraction of sp³-hybridized carbons (Fsp3) is 0.733. The third-order valence-electron chi connectivity index (χ3n) is 4.25. The van der Waals surface area contributed by atoms with Gasteiger partial charge in [0, 0.05) is 20.1 Å². The summed E-state index contributed by atoms with van der Waals surface area (Å²) in [6.07, 6.45) is 1.77. The van der Waals surface area contributed by atoms with E-state index >= 15 is 0 Å². The average molecular weight is 374 g/mol. The van der Waals surface area contributed by atoms with Crippen molar-refractivity contribution < 1.29 is 14.6 Å². The van der Waals surface area contributed by atoms with Crippen LogP contribution in [0.3, 0.4) is 0 Å². The third kappa shape index (κ3) is 3.46. The van der Waals surface area contributed by atoms with E-state index in [9.17, 15) is 9.90 Å². The molecular formula is C15H24BrN3O3. The first-order valence-corrected chi connectivity index (χ1v) is 8.42. The molecule has 1 aromatic heterocycles. The van der Waals surface area contributed by atoms with Gasteiger partial charge in [-0.25, -0.2) is 4.79 Å². The highest BCUT2D eigenvalue weighted by atomic mass is 79.9. The van der Waals surface area contributed by atoms with E-state index in [1.54, 1.807) is 11.6 Å². The van der Waals surface area contributed by atoms with Crippen LogP contribution < -0.4 is 4.90 Å². The third-order valence-corrected chi connectivity index (χ3v) is 4.80. The van der Waals surface area contributed by atoms with Crippen molar-refractivity contribution in [2.45, 2.75) is 39.2 Å². The van der Waals surface area contributed by atoms with Gasteiger partial charge in [-0.05, 0) is 55.5 Å². The van der Waals surface area contributed by atoms with Gasteiger partial charge >= 0.3 is 5.97 Å². The van der Waals surface area contributed by atoms with Crippen molar-refractivity contribution in [2.75, 3.05) is 24.6 Å². The summed E-state index contributed by atoms with van der Waals surface area (Å²) in [5.74, 6) is 0.688. The predicted octanol–water partition coefficient (Wildman–Crippen LogP) is 2.35. The monoisotopic (exact) mass is 373 g/mol. The Morgan fingerprint density at radius 3 is 2.55 bits per heavy atom. The lowest BCUT2D eigenvalue weighted by Gasteiger charge is -2.38. The molecule has 2 heterocycles. The average Bonchev–Trinajstić information content (AvgIpc) is 2.73. The second-order valence-electron chi connectivity index (χ2n) is 6.25. The molecule has 0 amide bonds. The summed E-state index contributed by atoms with van der Waals surface area (Å²) >= 11 is 3.35. The summed E-state index contributed by atoms with van der Waals surface area (Å²) in [7, 11) is 1.82. The quantitative estimate of drug-likeness (QED) is 0.820. The zero-order valence-corrected chi connectivity index (χ0v) is 15.2. The number of nitrogens with zero attached hydrogens (tertiary/aromatic N) is 3. The summed E-state index contributed by atoms with van der Waals surface area (Å²) < 4.78 is 7.36. The predicted molar refractivity (Wildman–Crippen MR) is 88.1 cm³/mol. The van der Waals surface area contributed by atoms with Gasteiger partial charge in [-0.15, -0.1) is 0 Å². The number of rotatable bonds is 4. The second kappa shape index (κ2) is 6.58. The fourth-order valence-electron chi connectivity index (χ4n) is 3.02. The zero-order chi connectivity index (χ0) is 16.5. The number of aromatic nitrogens is 2. The minimum Gasteiger partial charge on any atom is -0.462 e. The van der Waals surface area contributed by atoms with Gasteiger partial charge in [0.1, 0.15) is 16.0 Å². The Bertz CT molecular complexity index is 543. The Morgan fingerprint density at radius 1 is 1.45 bits per heavy atom. The smallest absolute Gasteiger partial charge is 0.344 e. The number of ether oxygens (including phenoxy) is 1. The number of hydrogen-bond acceptors (Lipinski definition) is 5. The number of aryl methyl sites for hydroxylation is 1. The molecule has 22 heavy (non-hydrogen) atoms. The number of anilines is 1. The van der Waals surface area contributed by atoms with Gasteiger partial charge < -0.3 is 14.7 Å². The van der Waals surface area contributed by atoms with Gasteiger partial charge in [0.05, 0.1) is 12.2 Å². The summed E-state index contributed by atoms with van der Waals surface area (Å²) in [5.41, 5.74) is -0.186. The molecule has 6 nitrogen and oxygen atoms in total. The Labute approximate surface area is 139 Å². The molecule has 1 aliphatic heterocycles. The molecule has 0 unspecified atom stereocenters. The molecule has 0 spiro atoms. The van der Waals surface area contributed by atoms with Crippen LogP contribution in [0.15, 0.2) is 4.60 Å². The van der Waals surface area contributed by atoms with Crippen LogP contribution in [0.5, 0.6) is 0 Å². The van der Waals surface area contributed by atoms with Crippen LogP contribution >= 0.6 is 15.9 Å². The van der Waals surface area contributed by atoms with Gasteiger partial charge in [0.15, 0.2) is 0 Å². The largest absolute Gasteiger partial charge is 0.462 e. The number of aliphatic hydroxyl groups is 1. The highest BCUT2D eigenvalue weighted by Crippen LogP contribution is 2.34. The first-order chi connectivity index (χ1) is 10.3. The van der Waals surface area contributed by atoms with Crippen molar-refractivity contribution in [1.29, 1.82) is 0 Å². The van der Waals surface area contributed by atoms with Crippen LogP contribution in [0.4, 0.5) is 5.82 Å². The number of hydrogen-bond donors (Lipinski definition) is 1. The van der Waals surface area contributed by atoms with Crippen molar-refractivity contribution in [3.8, 4) is 0 Å². The Hall–Kier alpha value is -1.08. The van der Waals surface area contributed by atoms with E-state index in [0.717, 1.165) is 31.7 Å². The highest BCUT2D eigenvalue weighted by molar-refractivity contribution is 9.10. The lowest BCUT2D eigenvalue weighted by molar-refractivity contribution is 0.00635. The van der Waals surface area contributed by atoms with Gasteiger partial charge in [-0.3, -0.25) is 4.68 Å². The number of carbonyl (C=O) groups is 1. The minimum atomic E-state index is -0.664. The second-order valence-corrected chi connectivity index (χ2v) is 7.00. The van der Waals surface area contributed by atoms with E-state index in [2.05, 4.69) is 25.9 Å². The molecule has 0 aliphatic carbocycles. The van der Waals surface area contributed by atoms with Gasteiger partial charge in [0.25, 0.3) is 0 Å². The summed E-state index contributed by atoms with van der Waals surface area (Å²) in [6, 6.07) is 0. The number of piperidine rings is 1. The SMILES string of the molecule is CCOC(=O)c1c(Br)nn(C)c1N1CCC(C(C)(C)O)CC1. The molecule has 0 saturated carbocycles. The molecule has 2 rings (SSSR count). The van der Waals surface area contributed by atoms with E-state index in [4.69, 9.17) is 4.74 Å². The zero-order valence-electron chi connectivity index (χ0n) is 13.6. The maximum Gasteiger partial charge on any atom is 0.344 e. The van der Waals surface area contributed by atoms with Gasteiger partial charge in [-0.1, -0.05) is 0 Å². The maximum absolute atomic E-state index is 12.2. The maximum atomic E-state index is 12.2. The van der Waals surface area contributed by atoms with Crippen molar-refractivity contribution in [3.63, 3.8) is 0 Å². The van der Waals surface area contributed by atoms with Gasteiger partial charge in [-0.2, -0.15) is 5.10 Å². The number of carbonyl (C=O) groups excluding carboxylic acids is 1. The molecule has 1 N–H and O–H groups in total. The van der Waals surface area contributed by atoms with E-state index in [1.807, 2.05) is 20.9 Å². The molecule has 7 heteroatoms. The number of halogens is 1. The molecule has 1 saturated heterocycles. The fourth-order valence-corrected chi connectivity index (χ4v) is 3.60. The normalized spacial score (nSPS) is 16.9. The molecule has 0 bridgehead atoms. The van der Waals surface area contributed by atoms with Crippen LogP contribution in [0, 0.1) is 5.92 Å². The minimum absolute atomic E-state index is 0.270. The Kier molecular flexibility index (Phi) is 5.17. The molecular weight excluding hydrogens is 350 g/mol. The lowest BCUT2D eigenvalue weighted by Crippen LogP contribution is -2.42. The van der Waals surface area contributed by atoms with E-state index in [1.165, 1.54) is 0 Å². The summed E-state index contributed by atoms with van der Waals surface area (Å²) in [6.45, 7) is 7.41. The first-order valence-electron chi connectivity index (χ1n) is 7.62. The lowest BCUT2D eigenvalue weighted by atomic mass is 9.83. The standard InChI is InChI=1S/C15H24BrN3O3/c1-5-22-14(20)11-12(16)17-18(4)13(11)19-8-6-10(7-9-19)15(2,3)21/h10,21H,5-9H2,1-4H3. The van der Waals surface area contributed by atoms with E-state index in [0.29, 0.717) is 16.8 Å². The summed E-state index contributed by atoms with van der Waals surface area (Å²) in [5, 5.41) is 14.5. The van der Waals surface area contributed by atoms with Crippen LogP contribution in [0.2, 0.25) is 0 Å². The Balaban J connectivity index is 2.22.